The lowest BCUT2D eigenvalue weighted by Gasteiger charge is -2.23. The van der Waals surface area contributed by atoms with Crippen molar-refractivity contribution in [2.24, 2.45) is 0 Å². The number of aryl methyl sites for hydroxylation is 1. The van der Waals surface area contributed by atoms with Crippen LogP contribution in [0.2, 0.25) is 0 Å². The van der Waals surface area contributed by atoms with Crippen molar-refractivity contribution >= 4 is 11.7 Å². The van der Waals surface area contributed by atoms with Crippen LogP contribution in [0.5, 0.6) is 0 Å². The fraction of sp³-hybridized carbons (Fsp3) is 0.278. The van der Waals surface area contributed by atoms with Gasteiger partial charge >= 0.3 is 6.03 Å². The number of nitrogens with one attached hydrogen (secondary N) is 2. The number of hydrogen-bond donors (Lipinski definition) is 2. The van der Waals surface area contributed by atoms with E-state index in [2.05, 4.69) is 15.5 Å². The van der Waals surface area contributed by atoms with Crippen LogP contribution in [0.3, 0.4) is 0 Å². The van der Waals surface area contributed by atoms with E-state index in [0.717, 1.165) is 23.4 Å². The summed E-state index contributed by atoms with van der Waals surface area (Å²) in [4.78, 5) is 14.3. The lowest BCUT2D eigenvalue weighted by Crippen LogP contribution is -2.37. The summed E-state index contributed by atoms with van der Waals surface area (Å²) in [6.07, 6.45) is 0. The van der Waals surface area contributed by atoms with Crippen molar-refractivity contribution in [2.45, 2.75) is 13.0 Å². The largest absolute Gasteiger partial charge is 0.330 e. The van der Waals surface area contributed by atoms with Gasteiger partial charge in [0.05, 0.1) is 6.04 Å². The van der Waals surface area contributed by atoms with Gasteiger partial charge in [-0.3, -0.25) is 0 Å². The minimum Gasteiger partial charge on any atom is -0.330 e. The van der Waals surface area contributed by atoms with Gasteiger partial charge in [-0.05, 0) is 44.3 Å². The Morgan fingerprint density at radius 3 is 2.45 bits per heavy atom. The van der Waals surface area contributed by atoms with Crippen molar-refractivity contribution < 1.29 is 4.79 Å². The Morgan fingerprint density at radius 2 is 1.82 bits per heavy atom. The maximum atomic E-state index is 12.2. The van der Waals surface area contributed by atoms with Crippen molar-refractivity contribution in [3.05, 3.63) is 65.7 Å². The van der Waals surface area contributed by atoms with E-state index in [-0.39, 0.29) is 12.1 Å². The molecule has 0 aliphatic carbocycles. The molecule has 0 aliphatic rings. The zero-order valence-corrected chi connectivity index (χ0v) is 13.3. The lowest BCUT2D eigenvalue weighted by atomic mass is 10.1. The van der Waals surface area contributed by atoms with Crippen molar-refractivity contribution in [3.63, 3.8) is 0 Å². The monoisotopic (exact) mass is 297 g/mol. The predicted octanol–water partition coefficient (Wildman–Crippen LogP) is 3.42. The molecule has 4 heteroatoms. The first-order chi connectivity index (χ1) is 10.5. The molecule has 0 fully saturated rings. The average molecular weight is 297 g/mol. The van der Waals surface area contributed by atoms with Gasteiger partial charge in [0.1, 0.15) is 0 Å². The summed E-state index contributed by atoms with van der Waals surface area (Å²) in [6, 6.07) is 17.5. The quantitative estimate of drug-likeness (QED) is 0.888. The van der Waals surface area contributed by atoms with Crippen LogP contribution >= 0.6 is 0 Å². The van der Waals surface area contributed by atoms with Crippen molar-refractivity contribution in [3.8, 4) is 0 Å². The molecule has 0 bridgehead atoms. The third kappa shape index (κ3) is 4.90. The zero-order chi connectivity index (χ0) is 15.9. The summed E-state index contributed by atoms with van der Waals surface area (Å²) in [5.41, 5.74) is 3.01. The molecule has 0 heterocycles. The van der Waals surface area contributed by atoms with Crippen LogP contribution in [0.25, 0.3) is 0 Å². The minimum absolute atomic E-state index is 0.0546. The molecule has 0 saturated carbocycles. The Hall–Kier alpha value is -2.33. The second kappa shape index (κ2) is 7.61. The molecule has 1 unspecified atom stereocenters. The molecule has 0 saturated heterocycles. The van der Waals surface area contributed by atoms with E-state index in [9.17, 15) is 4.79 Å². The molecular formula is C18H23N3O. The Balaban J connectivity index is 2.05. The molecule has 2 aromatic carbocycles. The third-order valence-corrected chi connectivity index (χ3v) is 3.33. The summed E-state index contributed by atoms with van der Waals surface area (Å²) in [5, 5.41) is 5.93. The first-order valence-electron chi connectivity index (χ1n) is 7.38. The van der Waals surface area contributed by atoms with Crippen LogP contribution in [0.4, 0.5) is 10.5 Å². The van der Waals surface area contributed by atoms with Crippen LogP contribution in [0.15, 0.2) is 54.6 Å². The van der Waals surface area contributed by atoms with E-state index >= 15 is 0 Å². The zero-order valence-electron chi connectivity index (χ0n) is 13.3. The third-order valence-electron chi connectivity index (χ3n) is 3.33. The molecule has 2 amide bonds. The number of likely N-dealkylation sites (N-methyl/N-ethyl adjacent to an activating group) is 1. The number of carbonyl (C=O) groups is 1. The van der Waals surface area contributed by atoms with E-state index in [1.807, 2.05) is 75.6 Å². The van der Waals surface area contributed by atoms with E-state index in [1.54, 1.807) is 0 Å². The molecule has 0 spiro atoms. The van der Waals surface area contributed by atoms with Gasteiger partial charge in [-0.2, -0.15) is 0 Å². The molecule has 0 aliphatic heterocycles. The van der Waals surface area contributed by atoms with Gasteiger partial charge in [-0.1, -0.05) is 42.5 Å². The summed E-state index contributed by atoms with van der Waals surface area (Å²) < 4.78 is 0. The highest BCUT2D eigenvalue weighted by Gasteiger charge is 2.15. The number of amides is 2. The second-order valence-electron chi connectivity index (χ2n) is 5.69. The summed E-state index contributed by atoms with van der Waals surface area (Å²) in [7, 11) is 3.99. The first-order valence-corrected chi connectivity index (χ1v) is 7.38. The Bertz CT molecular complexity index is 611. The topological polar surface area (TPSA) is 44.4 Å². The number of urea groups is 1. The molecule has 1 atom stereocenters. The Kier molecular flexibility index (Phi) is 5.55. The SMILES string of the molecule is Cc1cccc(NC(=O)NC(CN(C)C)c2ccccc2)c1. The second-order valence-corrected chi connectivity index (χ2v) is 5.69. The van der Waals surface area contributed by atoms with Crippen molar-refractivity contribution in [2.75, 3.05) is 26.0 Å². The average Bonchev–Trinajstić information content (AvgIpc) is 2.47. The summed E-state index contributed by atoms with van der Waals surface area (Å²) in [5.74, 6) is 0. The maximum Gasteiger partial charge on any atom is 0.319 e. The lowest BCUT2D eigenvalue weighted by molar-refractivity contribution is 0.244. The molecule has 2 aromatic rings. The van der Waals surface area contributed by atoms with E-state index in [4.69, 9.17) is 0 Å². The first kappa shape index (κ1) is 16.0. The van der Waals surface area contributed by atoms with Gasteiger partial charge in [-0.25, -0.2) is 4.79 Å². The highest BCUT2D eigenvalue weighted by Crippen LogP contribution is 2.14. The number of carbonyl (C=O) groups excluding carboxylic acids is 1. The predicted molar refractivity (Wildman–Crippen MR) is 91.1 cm³/mol. The minimum atomic E-state index is -0.193. The number of nitrogens with zero attached hydrogens (tertiary/aromatic N) is 1. The fourth-order valence-electron chi connectivity index (χ4n) is 2.33. The van der Waals surface area contributed by atoms with E-state index in [0.29, 0.717) is 0 Å². The normalized spacial score (nSPS) is 12.0. The fourth-order valence-corrected chi connectivity index (χ4v) is 2.33. The Labute approximate surface area is 132 Å². The van der Waals surface area contributed by atoms with Gasteiger partial charge < -0.3 is 15.5 Å². The number of rotatable bonds is 5. The molecule has 0 aromatic heterocycles. The molecule has 2 N–H and O–H groups in total. The number of benzene rings is 2. The van der Waals surface area contributed by atoms with Gasteiger partial charge in [-0.15, -0.1) is 0 Å². The van der Waals surface area contributed by atoms with Gasteiger partial charge in [0.2, 0.25) is 0 Å². The van der Waals surface area contributed by atoms with Crippen LogP contribution in [-0.4, -0.2) is 31.6 Å². The standard InChI is InChI=1S/C18H23N3O/c1-14-8-7-11-16(12-14)19-18(22)20-17(13-21(2)3)15-9-5-4-6-10-15/h4-12,17H,13H2,1-3H3,(H2,19,20,22). The molecule has 0 radical (unpaired) electrons. The van der Waals surface area contributed by atoms with Gasteiger partial charge in [0, 0.05) is 12.2 Å². The molecule has 4 nitrogen and oxygen atoms in total. The summed E-state index contributed by atoms with van der Waals surface area (Å²) >= 11 is 0. The Morgan fingerprint density at radius 1 is 1.09 bits per heavy atom. The van der Waals surface area contributed by atoms with Crippen LogP contribution in [0.1, 0.15) is 17.2 Å². The van der Waals surface area contributed by atoms with Gasteiger partial charge in [0.25, 0.3) is 0 Å². The van der Waals surface area contributed by atoms with Crippen LogP contribution in [-0.2, 0) is 0 Å². The molecule has 116 valence electrons. The van der Waals surface area contributed by atoms with E-state index in [1.165, 1.54) is 0 Å². The van der Waals surface area contributed by atoms with Crippen LogP contribution in [0, 0.1) is 6.92 Å². The molecule has 22 heavy (non-hydrogen) atoms. The summed E-state index contributed by atoms with van der Waals surface area (Å²) in [6.45, 7) is 2.74. The molecular weight excluding hydrogens is 274 g/mol. The van der Waals surface area contributed by atoms with E-state index < -0.39 is 0 Å². The van der Waals surface area contributed by atoms with Crippen molar-refractivity contribution in [1.82, 2.24) is 10.2 Å². The van der Waals surface area contributed by atoms with Crippen LogP contribution < -0.4 is 10.6 Å². The van der Waals surface area contributed by atoms with Gasteiger partial charge in [0.15, 0.2) is 0 Å². The number of hydrogen-bond acceptors (Lipinski definition) is 2. The molecule has 2 rings (SSSR count). The maximum absolute atomic E-state index is 12.2. The van der Waals surface area contributed by atoms with Crippen molar-refractivity contribution in [1.29, 1.82) is 0 Å². The highest BCUT2D eigenvalue weighted by atomic mass is 16.2. The highest BCUT2D eigenvalue weighted by molar-refractivity contribution is 5.89. The number of anilines is 1. The smallest absolute Gasteiger partial charge is 0.319 e.